The maximum atomic E-state index is 6.08. The third-order valence-corrected chi connectivity index (χ3v) is 12.1. The molecule has 4 aromatic heterocycles. The Kier molecular flexibility index (Phi) is 8.35. The van der Waals surface area contributed by atoms with Crippen LogP contribution in [-0.4, -0.2) is 29.5 Å². The lowest BCUT2D eigenvalue weighted by molar-refractivity contribution is 0.619. The summed E-state index contributed by atoms with van der Waals surface area (Å²) in [4.78, 5) is 24.7. The highest BCUT2D eigenvalue weighted by Gasteiger charge is 2.18. The lowest BCUT2D eigenvalue weighted by atomic mass is 10.0. The zero-order chi connectivity index (χ0) is 42.8. The first-order valence-corrected chi connectivity index (χ1v) is 21.5. The van der Waals surface area contributed by atoms with Crippen LogP contribution in [0, 0.1) is 0 Å². The van der Waals surface area contributed by atoms with Crippen molar-refractivity contribution in [2.45, 2.75) is 0 Å². The van der Waals surface area contributed by atoms with E-state index in [0.29, 0.717) is 29.3 Å². The Balaban J connectivity index is 0.913. The average Bonchev–Trinajstić information content (AvgIpc) is 4.10. The van der Waals surface area contributed by atoms with Crippen LogP contribution < -0.4 is 0 Å². The Bertz CT molecular complexity index is 3720. The van der Waals surface area contributed by atoms with Gasteiger partial charge in [0.1, 0.15) is 11.0 Å². The van der Waals surface area contributed by atoms with Gasteiger partial charge in [0.05, 0.1) is 11.0 Å². The van der Waals surface area contributed by atoms with E-state index < -0.39 is 0 Å². The quantitative estimate of drug-likeness (QED) is 0.158. The predicted octanol–water partition coefficient (Wildman–Crippen LogP) is 14.4. The van der Waals surface area contributed by atoms with E-state index in [9.17, 15) is 0 Å². The smallest absolute Gasteiger partial charge is 0.227 e. The highest BCUT2D eigenvalue weighted by atomic mass is 16.4. The minimum atomic E-state index is 0.550. The Morgan fingerprint density at radius 3 is 1.42 bits per heavy atom. The average molecular weight is 835 g/mol. The Hall–Kier alpha value is -9.01. The van der Waals surface area contributed by atoms with Crippen molar-refractivity contribution >= 4 is 54.8 Å². The second kappa shape index (κ2) is 14.8. The van der Waals surface area contributed by atoms with Crippen LogP contribution in [0.4, 0.5) is 0 Å². The number of fused-ring (bicyclic) bond motifs is 6. The summed E-state index contributed by atoms with van der Waals surface area (Å²) in [5, 5.41) is 4.57. The molecular formula is C57H34N6O2. The maximum Gasteiger partial charge on any atom is 0.227 e. The van der Waals surface area contributed by atoms with Gasteiger partial charge in [-0.05, 0) is 107 Å². The second-order valence-electron chi connectivity index (χ2n) is 16.1. The van der Waals surface area contributed by atoms with Gasteiger partial charge in [-0.3, -0.25) is 0 Å². The van der Waals surface area contributed by atoms with Crippen LogP contribution >= 0.6 is 0 Å². The summed E-state index contributed by atoms with van der Waals surface area (Å²) in [7, 11) is 0. The van der Waals surface area contributed by atoms with Gasteiger partial charge in [-0.25, -0.2) is 24.9 Å². The van der Waals surface area contributed by atoms with Crippen LogP contribution in [0.2, 0.25) is 0 Å². The molecule has 0 radical (unpaired) electrons. The van der Waals surface area contributed by atoms with Crippen LogP contribution in [0.5, 0.6) is 0 Å². The van der Waals surface area contributed by atoms with E-state index in [-0.39, 0.29) is 0 Å². The van der Waals surface area contributed by atoms with Crippen molar-refractivity contribution in [2.24, 2.45) is 0 Å². The van der Waals surface area contributed by atoms with Crippen LogP contribution in [-0.2, 0) is 0 Å². The van der Waals surface area contributed by atoms with Crippen molar-refractivity contribution in [3.8, 4) is 73.9 Å². The van der Waals surface area contributed by atoms with E-state index in [0.717, 1.165) is 77.5 Å². The van der Waals surface area contributed by atoms with Crippen molar-refractivity contribution in [1.29, 1.82) is 0 Å². The minimum Gasteiger partial charge on any atom is -0.436 e. The molecule has 9 aromatic carbocycles. The van der Waals surface area contributed by atoms with E-state index >= 15 is 0 Å². The van der Waals surface area contributed by atoms with Crippen LogP contribution in [0.1, 0.15) is 0 Å². The first-order valence-electron chi connectivity index (χ1n) is 21.5. The molecule has 0 bridgehead atoms. The molecule has 304 valence electrons. The van der Waals surface area contributed by atoms with Crippen molar-refractivity contribution in [2.75, 3.05) is 0 Å². The van der Waals surface area contributed by atoms with Crippen LogP contribution in [0.15, 0.2) is 215 Å². The SMILES string of the molecule is c1ccc(-c2ccc(-n3c4ccccc4c4cc5cc(-c6nc(-c7ccc(-c8nc9ccccc9o8)cc7)nc(-c7ccc(-c8nc9ccccc9o8)cc7)n6)ccc5cc43)cc2)cc1. The molecule has 8 nitrogen and oxygen atoms in total. The summed E-state index contributed by atoms with van der Waals surface area (Å²) >= 11 is 0. The zero-order valence-corrected chi connectivity index (χ0v) is 34.6. The number of rotatable bonds is 7. The monoisotopic (exact) mass is 834 g/mol. The van der Waals surface area contributed by atoms with E-state index in [4.69, 9.17) is 33.8 Å². The lowest BCUT2D eigenvalue weighted by Gasteiger charge is -2.11. The molecule has 13 aromatic rings. The molecule has 0 amide bonds. The standard InChI is InChI=1S/C57H34N6O2/c1-2-10-35(11-3-1)36-28-30-44(31-29-36)63-49-15-7-4-12-45(49)46-33-43-32-42(27-26-41(43)34-50(46)63)55-61-53(37-18-22-39(23-19-37)56-58-47-13-5-8-16-51(47)64-56)60-54(62-55)38-20-24-40(25-21-38)57-59-48-14-6-9-17-52(48)65-57/h1-34H. The molecule has 13 rings (SSSR count). The topological polar surface area (TPSA) is 95.7 Å². The summed E-state index contributed by atoms with van der Waals surface area (Å²) in [5.41, 5.74) is 13.2. The summed E-state index contributed by atoms with van der Waals surface area (Å²) in [6.45, 7) is 0. The number of aromatic nitrogens is 6. The van der Waals surface area contributed by atoms with Crippen molar-refractivity contribution in [1.82, 2.24) is 29.5 Å². The molecule has 4 heterocycles. The Morgan fingerprint density at radius 2 is 0.800 bits per heavy atom. The minimum absolute atomic E-state index is 0.550. The summed E-state index contributed by atoms with van der Waals surface area (Å²) in [6, 6.07) is 70.5. The first-order chi connectivity index (χ1) is 32.1. The normalized spacial score (nSPS) is 11.7. The molecule has 0 N–H and O–H groups in total. The van der Waals surface area contributed by atoms with E-state index in [1.807, 2.05) is 103 Å². The van der Waals surface area contributed by atoms with Gasteiger partial charge in [0.15, 0.2) is 28.6 Å². The predicted molar refractivity (Wildman–Crippen MR) is 259 cm³/mol. The van der Waals surface area contributed by atoms with Gasteiger partial charge in [0.25, 0.3) is 0 Å². The molecule has 0 atom stereocenters. The fourth-order valence-corrected chi connectivity index (χ4v) is 8.84. The van der Waals surface area contributed by atoms with E-state index in [1.54, 1.807) is 0 Å². The summed E-state index contributed by atoms with van der Waals surface area (Å²) < 4.78 is 14.5. The second-order valence-corrected chi connectivity index (χ2v) is 16.1. The van der Waals surface area contributed by atoms with Gasteiger partial charge in [0, 0.05) is 44.3 Å². The van der Waals surface area contributed by atoms with E-state index in [1.165, 1.54) is 21.9 Å². The van der Waals surface area contributed by atoms with Crippen molar-refractivity contribution in [3.63, 3.8) is 0 Å². The van der Waals surface area contributed by atoms with Crippen molar-refractivity contribution < 1.29 is 8.83 Å². The van der Waals surface area contributed by atoms with Gasteiger partial charge < -0.3 is 13.4 Å². The third kappa shape index (κ3) is 6.43. The molecule has 0 fully saturated rings. The van der Waals surface area contributed by atoms with Crippen molar-refractivity contribution in [3.05, 3.63) is 206 Å². The van der Waals surface area contributed by atoms with Gasteiger partial charge in [-0.1, -0.05) is 121 Å². The molecule has 0 unspecified atom stereocenters. The summed E-state index contributed by atoms with van der Waals surface area (Å²) in [6.07, 6.45) is 0. The number of benzene rings is 9. The van der Waals surface area contributed by atoms with Crippen LogP contribution in [0.3, 0.4) is 0 Å². The van der Waals surface area contributed by atoms with Crippen LogP contribution in [0.25, 0.3) is 129 Å². The molecule has 0 aliphatic carbocycles. The molecule has 0 saturated carbocycles. The zero-order valence-electron chi connectivity index (χ0n) is 34.6. The summed E-state index contributed by atoms with van der Waals surface area (Å²) in [5.74, 6) is 2.79. The third-order valence-electron chi connectivity index (χ3n) is 12.1. The molecule has 0 saturated heterocycles. The molecule has 8 heteroatoms. The van der Waals surface area contributed by atoms with Gasteiger partial charge >= 0.3 is 0 Å². The Labute approximate surface area is 371 Å². The van der Waals surface area contributed by atoms with E-state index in [2.05, 4.69) is 108 Å². The number of nitrogens with zero attached hydrogens (tertiary/aromatic N) is 6. The molecular weight excluding hydrogens is 801 g/mol. The molecule has 65 heavy (non-hydrogen) atoms. The fraction of sp³-hybridized carbons (Fsp3) is 0. The number of hydrogen-bond donors (Lipinski definition) is 0. The number of para-hydroxylation sites is 5. The molecule has 0 aliphatic heterocycles. The lowest BCUT2D eigenvalue weighted by Crippen LogP contribution is -2.00. The maximum absolute atomic E-state index is 6.08. The first kappa shape index (κ1) is 36.6. The molecule has 0 spiro atoms. The largest absolute Gasteiger partial charge is 0.436 e. The fourth-order valence-electron chi connectivity index (χ4n) is 8.84. The van der Waals surface area contributed by atoms with Gasteiger partial charge in [-0.15, -0.1) is 0 Å². The van der Waals surface area contributed by atoms with Gasteiger partial charge in [-0.2, -0.15) is 0 Å². The number of oxazole rings is 2. The van der Waals surface area contributed by atoms with Gasteiger partial charge in [0.2, 0.25) is 11.8 Å². The Morgan fingerprint density at radius 1 is 0.308 bits per heavy atom. The number of hydrogen-bond acceptors (Lipinski definition) is 7. The highest BCUT2D eigenvalue weighted by Crippen LogP contribution is 2.37. The highest BCUT2D eigenvalue weighted by molar-refractivity contribution is 6.14. The molecule has 0 aliphatic rings.